The van der Waals surface area contributed by atoms with Crippen molar-refractivity contribution in [3.63, 3.8) is 0 Å². The van der Waals surface area contributed by atoms with Crippen molar-refractivity contribution < 1.29 is 19.7 Å². The van der Waals surface area contributed by atoms with Gasteiger partial charge in [0.2, 0.25) is 0 Å². The van der Waals surface area contributed by atoms with Gasteiger partial charge in [-0.1, -0.05) is 55.8 Å². The average molecular weight is 370 g/mol. The van der Waals surface area contributed by atoms with Crippen LogP contribution in [0.1, 0.15) is 38.2 Å². The Bertz CT molecular complexity index is 759. The first-order chi connectivity index (χ1) is 12.9. The molecule has 6 unspecified atom stereocenters. The minimum Gasteiger partial charge on any atom is -0.396 e. The standard InChI is InChI=1S/C23H30O4/c1-15-20-17(14-24)18-10-7-13-21(15,2)22(18,23(20,26)27-3)19(25)12-11-16-8-5-4-6-9-16/h4-6,8-9,17-18,20,24,26H,1,7,10-14H2,2-3H3. The Hall–Kier alpha value is -1.49. The molecule has 0 spiro atoms. The summed E-state index contributed by atoms with van der Waals surface area (Å²) < 4.78 is 5.73. The molecule has 4 heteroatoms. The molecule has 2 N–H and O–H groups in total. The van der Waals surface area contributed by atoms with Crippen molar-refractivity contribution in [2.45, 2.75) is 44.8 Å². The lowest BCUT2D eigenvalue weighted by atomic mass is 9.47. The van der Waals surface area contributed by atoms with Crippen LogP contribution < -0.4 is 0 Å². The van der Waals surface area contributed by atoms with Gasteiger partial charge in [-0.15, -0.1) is 0 Å². The molecule has 0 aromatic heterocycles. The molecule has 0 heterocycles. The molecule has 27 heavy (non-hydrogen) atoms. The van der Waals surface area contributed by atoms with Gasteiger partial charge in [0.05, 0.1) is 5.41 Å². The number of aliphatic hydroxyl groups is 2. The second-order valence-corrected chi connectivity index (χ2v) is 8.80. The van der Waals surface area contributed by atoms with Crippen molar-refractivity contribution in [3.05, 3.63) is 48.0 Å². The molecule has 0 radical (unpaired) electrons. The maximum Gasteiger partial charge on any atom is 0.185 e. The first kappa shape index (κ1) is 18.9. The van der Waals surface area contributed by atoms with Crippen LogP contribution >= 0.6 is 0 Å². The molecule has 2 bridgehead atoms. The highest BCUT2D eigenvalue weighted by atomic mass is 16.6. The summed E-state index contributed by atoms with van der Waals surface area (Å²) in [7, 11) is 1.49. The van der Waals surface area contributed by atoms with Crippen molar-refractivity contribution in [1.29, 1.82) is 0 Å². The van der Waals surface area contributed by atoms with E-state index in [9.17, 15) is 15.0 Å². The number of carbonyl (C=O) groups excluding carboxylic acids is 1. The summed E-state index contributed by atoms with van der Waals surface area (Å²) >= 11 is 0. The van der Waals surface area contributed by atoms with Crippen LogP contribution in [0.15, 0.2) is 42.5 Å². The van der Waals surface area contributed by atoms with Gasteiger partial charge in [0.25, 0.3) is 0 Å². The van der Waals surface area contributed by atoms with E-state index in [0.29, 0.717) is 12.8 Å². The molecule has 1 aromatic carbocycles. The van der Waals surface area contributed by atoms with Crippen molar-refractivity contribution in [3.8, 4) is 0 Å². The maximum atomic E-state index is 13.8. The zero-order valence-electron chi connectivity index (χ0n) is 16.3. The summed E-state index contributed by atoms with van der Waals surface area (Å²) in [5.41, 5.74) is 0.500. The Labute approximate surface area is 161 Å². The van der Waals surface area contributed by atoms with E-state index in [0.717, 1.165) is 30.4 Å². The normalized spacial score (nSPS) is 42.5. The molecule has 1 aromatic rings. The van der Waals surface area contributed by atoms with E-state index in [1.807, 2.05) is 30.3 Å². The Morgan fingerprint density at radius 2 is 2.04 bits per heavy atom. The fourth-order valence-corrected chi connectivity index (χ4v) is 7.05. The van der Waals surface area contributed by atoms with Gasteiger partial charge in [0.15, 0.2) is 5.79 Å². The number of benzene rings is 1. The molecule has 4 rings (SSSR count). The molecule has 3 aliphatic carbocycles. The number of rotatable bonds is 6. The zero-order valence-corrected chi connectivity index (χ0v) is 16.3. The van der Waals surface area contributed by atoms with Crippen LogP contribution in [0.4, 0.5) is 0 Å². The van der Waals surface area contributed by atoms with Crippen LogP contribution in [-0.2, 0) is 16.0 Å². The van der Waals surface area contributed by atoms with E-state index < -0.39 is 16.6 Å². The smallest absolute Gasteiger partial charge is 0.185 e. The molecule has 6 atom stereocenters. The maximum absolute atomic E-state index is 13.8. The Morgan fingerprint density at radius 1 is 1.33 bits per heavy atom. The molecule has 0 amide bonds. The highest BCUT2D eigenvalue weighted by Gasteiger charge is 2.84. The lowest BCUT2D eigenvalue weighted by molar-refractivity contribution is -0.265. The van der Waals surface area contributed by atoms with E-state index in [2.05, 4.69) is 13.5 Å². The lowest BCUT2D eigenvalue weighted by Gasteiger charge is -2.55. The van der Waals surface area contributed by atoms with Crippen molar-refractivity contribution in [2.75, 3.05) is 13.7 Å². The summed E-state index contributed by atoms with van der Waals surface area (Å²) in [6.45, 7) is 6.34. The van der Waals surface area contributed by atoms with Gasteiger partial charge >= 0.3 is 0 Å². The van der Waals surface area contributed by atoms with Crippen LogP contribution in [0.25, 0.3) is 0 Å². The monoisotopic (exact) mass is 370 g/mol. The lowest BCUT2D eigenvalue weighted by Crippen LogP contribution is -2.61. The number of aryl methyl sites for hydroxylation is 1. The molecule has 3 fully saturated rings. The largest absolute Gasteiger partial charge is 0.396 e. The number of ketones is 1. The number of methoxy groups -OCH3 is 1. The van der Waals surface area contributed by atoms with Crippen LogP contribution in [0.5, 0.6) is 0 Å². The number of Topliss-reactive ketones (excluding diaryl/α,β-unsaturated/α-hetero) is 1. The molecule has 0 aliphatic heterocycles. The predicted molar refractivity (Wildman–Crippen MR) is 103 cm³/mol. The SMILES string of the molecule is C=C1C2C(CO)C3CCCC1(C)C3(C(=O)CCc1ccccc1)C2(O)OC. The number of hydrogen-bond acceptors (Lipinski definition) is 4. The summed E-state index contributed by atoms with van der Waals surface area (Å²) in [5, 5.41) is 21.9. The van der Waals surface area contributed by atoms with E-state index in [1.165, 1.54) is 7.11 Å². The molecular formula is C23H30O4. The summed E-state index contributed by atoms with van der Waals surface area (Å²) in [6.07, 6.45) is 3.66. The van der Waals surface area contributed by atoms with Gasteiger partial charge < -0.3 is 14.9 Å². The number of fused-ring (bicyclic) bond motifs is 1. The van der Waals surface area contributed by atoms with E-state index in [-0.39, 0.29) is 30.1 Å². The predicted octanol–water partition coefficient (Wildman–Crippen LogP) is 3.12. The van der Waals surface area contributed by atoms with Gasteiger partial charge in [-0.3, -0.25) is 4.79 Å². The third kappa shape index (κ3) is 2.07. The van der Waals surface area contributed by atoms with E-state index in [1.54, 1.807) is 0 Å². The van der Waals surface area contributed by atoms with E-state index in [4.69, 9.17) is 4.74 Å². The zero-order chi connectivity index (χ0) is 19.4. The third-order valence-corrected chi connectivity index (χ3v) is 8.08. The number of aliphatic hydroxyl groups excluding tert-OH is 1. The molecule has 3 saturated carbocycles. The highest BCUT2D eigenvalue weighted by Crippen LogP contribution is 2.79. The van der Waals surface area contributed by atoms with Crippen molar-refractivity contribution in [2.24, 2.45) is 28.6 Å². The van der Waals surface area contributed by atoms with Gasteiger partial charge in [0, 0.05) is 31.5 Å². The minimum atomic E-state index is -1.58. The van der Waals surface area contributed by atoms with Crippen molar-refractivity contribution >= 4 is 5.78 Å². The minimum absolute atomic E-state index is 0.0518. The average Bonchev–Trinajstić information content (AvgIpc) is 3.01. The van der Waals surface area contributed by atoms with Crippen molar-refractivity contribution in [1.82, 2.24) is 0 Å². The summed E-state index contributed by atoms with van der Waals surface area (Å²) in [6, 6.07) is 9.97. The van der Waals surface area contributed by atoms with Crippen LogP contribution in [0.3, 0.4) is 0 Å². The number of hydrogen-bond donors (Lipinski definition) is 2. The second-order valence-electron chi connectivity index (χ2n) is 8.80. The molecule has 0 saturated heterocycles. The first-order valence-electron chi connectivity index (χ1n) is 10.0. The van der Waals surface area contributed by atoms with E-state index >= 15 is 0 Å². The third-order valence-electron chi connectivity index (χ3n) is 8.08. The number of ether oxygens (including phenoxy) is 1. The molecule has 3 aliphatic rings. The Kier molecular flexibility index (Phi) is 4.37. The summed E-state index contributed by atoms with van der Waals surface area (Å²) in [4.78, 5) is 13.8. The number of carbonyl (C=O) groups is 1. The first-order valence-corrected chi connectivity index (χ1v) is 10.0. The van der Waals surface area contributed by atoms with Crippen LogP contribution in [0.2, 0.25) is 0 Å². The molecular weight excluding hydrogens is 340 g/mol. The van der Waals surface area contributed by atoms with Crippen LogP contribution in [0, 0.1) is 28.6 Å². The van der Waals surface area contributed by atoms with Gasteiger partial charge in [0.1, 0.15) is 5.78 Å². The molecule has 146 valence electrons. The molecule has 4 nitrogen and oxygen atoms in total. The van der Waals surface area contributed by atoms with Crippen LogP contribution in [-0.4, -0.2) is 35.5 Å². The van der Waals surface area contributed by atoms with Gasteiger partial charge in [-0.25, -0.2) is 0 Å². The Morgan fingerprint density at radius 3 is 2.67 bits per heavy atom. The fourth-order valence-electron chi connectivity index (χ4n) is 7.05. The fraction of sp³-hybridized carbons (Fsp3) is 0.609. The Balaban J connectivity index is 1.78. The second kappa shape index (κ2) is 6.26. The van der Waals surface area contributed by atoms with Gasteiger partial charge in [-0.2, -0.15) is 0 Å². The quantitative estimate of drug-likeness (QED) is 0.596. The summed E-state index contributed by atoms with van der Waals surface area (Å²) in [5.74, 6) is -2.14. The highest BCUT2D eigenvalue weighted by molar-refractivity contribution is 5.90. The van der Waals surface area contributed by atoms with Gasteiger partial charge in [-0.05, 0) is 36.7 Å². The topological polar surface area (TPSA) is 66.8 Å².